The lowest BCUT2D eigenvalue weighted by atomic mass is 9.88. The lowest BCUT2D eigenvalue weighted by Gasteiger charge is -2.24. The number of hydrogen-bond acceptors (Lipinski definition) is 1. The Morgan fingerprint density at radius 2 is 1.38 bits per heavy atom. The van der Waals surface area contributed by atoms with Crippen molar-refractivity contribution in [3.8, 4) is 16.9 Å². The van der Waals surface area contributed by atoms with Crippen molar-refractivity contribution >= 4 is 21.5 Å². The average Bonchev–Trinajstić information content (AvgIpc) is 2.79. The van der Waals surface area contributed by atoms with E-state index < -0.39 is 0 Å². The van der Waals surface area contributed by atoms with Gasteiger partial charge in [0.15, 0.2) is 0 Å². The van der Waals surface area contributed by atoms with Gasteiger partial charge in [0.25, 0.3) is 0 Å². The van der Waals surface area contributed by atoms with Crippen LogP contribution in [0.15, 0.2) is 97.1 Å². The lowest BCUT2D eigenvalue weighted by Crippen LogP contribution is -2.07. The van der Waals surface area contributed by atoms with Gasteiger partial charge in [-0.1, -0.05) is 91.0 Å². The molecule has 0 saturated carbocycles. The van der Waals surface area contributed by atoms with Crippen molar-refractivity contribution in [2.45, 2.75) is 13.0 Å². The molecule has 1 heteroatoms. The number of benzene rings is 5. The summed E-state index contributed by atoms with van der Waals surface area (Å²) in [6.45, 7) is 0.618. The fourth-order valence-electron chi connectivity index (χ4n) is 4.56. The molecule has 0 amide bonds. The molecule has 0 spiro atoms. The minimum Gasteiger partial charge on any atom is -0.488 e. The van der Waals surface area contributed by atoms with E-state index in [0.717, 1.165) is 12.2 Å². The first-order valence-corrected chi connectivity index (χ1v) is 10.1. The van der Waals surface area contributed by atoms with Crippen LogP contribution < -0.4 is 4.74 Å². The van der Waals surface area contributed by atoms with Gasteiger partial charge in [-0.05, 0) is 50.7 Å². The minimum absolute atomic E-state index is 0.618. The monoisotopic (exact) mass is 372 g/mol. The van der Waals surface area contributed by atoms with Crippen LogP contribution >= 0.6 is 0 Å². The summed E-state index contributed by atoms with van der Waals surface area (Å²) in [5.74, 6) is 0.982. The topological polar surface area (TPSA) is 9.23 Å². The van der Waals surface area contributed by atoms with E-state index in [4.69, 9.17) is 4.74 Å². The van der Waals surface area contributed by atoms with Crippen LogP contribution in [-0.2, 0) is 13.0 Å². The Morgan fingerprint density at radius 1 is 0.621 bits per heavy atom. The first-order valence-electron chi connectivity index (χ1n) is 10.1. The molecule has 1 aliphatic heterocycles. The zero-order valence-electron chi connectivity index (χ0n) is 16.1. The van der Waals surface area contributed by atoms with Crippen LogP contribution in [0.3, 0.4) is 0 Å². The molecular weight excluding hydrogens is 352 g/mol. The Balaban J connectivity index is 1.55. The first-order chi connectivity index (χ1) is 14.4. The summed E-state index contributed by atoms with van der Waals surface area (Å²) < 4.78 is 6.22. The summed E-state index contributed by atoms with van der Waals surface area (Å²) in [6.07, 6.45) is 0.945. The largest absolute Gasteiger partial charge is 0.488 e. The summed E-state index contributed by atoms with van der Waals surface area (Å²) in [5.41, 5.74) is 6.48. The number of rotatable bonds is 2. The van der Waals surface area contributed by atoms with Gasteiger partial charge >= 0.3 is 0 Å². The van der Waals surface area contributed by atoms with Crippen LogP contribution in [0, 0.1) is 0 Å². The third kappa shape index (κ3) is 2.70. The third-order valence-electron chi connectivity index (χ3n) is 5.98. The SMILES string of the molecule is c1ccc(Cc2ccc3ccc4c(c3c2)COc2ccc3ccccc3c2-4)cc1. The molecule has 0 unspecified atom stereocenters. The molecule has 138 valence electrons. The molecule has 1 nitrogen and oxygen atoms in total. The number of ether oxygens (including phenoxy) is 1. The maximum Gasteiger partial charge on any atom is 0.128 e. The van der Waals surface area contributed by atoms with Gasteiger partial charge in [0.05, 0.1) is 0 Å². The van der Waals surface area contributed by atoms with Gasteiger partial charge in [0, 0.05) is 11.1 Å². The Hall–Kier alpha value is -3.58. The maximum absolute atomic E-state index is 6.22. The molecule has 5 aromatic carbocycles. The van der Waals surface area contributed by atoms with E-state index in [1.807, 2.05) is 0 Å². The highest BCUT2D eigenvalue weighted by atomic mass is 16.5. The summed E-state index contributed by atoms with van der Waals surface area (Å²) in [4.78, 5) is 0. The fraction of sp³-hybridized carbons (Fsp3) is 0.0714. The summed E-state index contributed by atoms with van der Waals surface area (Å²) >= 11 is 0. The molecule has 0 bridgehead atoms. The van der Waals surface area contributed by atoms with E-state index in [0.29, 0.717) is 6.61 Å². The second kappa shape index (κ2) is 6.49. The number of fused-ring (bicyclic) bond motifs is 7. The van der Waals surface area contributed by atoms with Crippen molar-refractivity contribution < 1.29 is 4.74 Å². The van der Waals surface area contributed by atoms with Crippen molar-refractivity contribution in [3.63, 3.8) is 0 Å². The zero-order valence-corrected chi connectivity index (χ0v) is 16.1. The van der Waals surface area contributed by atoms with E-state index >= 15 is 0 Å². The first kappa shape index (κ1) is 16.4. The van der Waals surface area contributed by atoms with Crippen LogP contribution in [0.25, 0.3) is 32.7 Å². The summed E-state index contributed by atoms with van der Waals surface area (Å²) in [5, 5.41) is 5.08. The van der Waals surface area contributed by atoms with Gasteiger partial charge < -0.3 is 4.74 Å². The second-order valence-electron chi connectivity index (χ2n) is 7.76. The van der Waals surface area contributed by atoms with Crippen LogP contribution in [0.1, 0.15) is 16.7 Å². The molecule has 1 heterocycles. The standard InChI is InChI=1S/C28H20O/c1-2-6-19(7-3-1)16-20-10-11-22-12-14-24-26(25(22)17-20)18-29-27-15-13-21-8-4-5-9-23(21)28(24)27/h1-15,17H,16,18H2. The van der Waals surface area contributed by atoms with Gasteiger partial charge in [-0.15, -0.1) is 0 Å². The highest BCUT2D eigenvalue weighted by Crippen LogP contribution is 2.44. The van der Waals surface area contributed by atoms with Crippen molar-refractivity contribution in [2.24, 2.45) is 0 Å². The molecule has 1 aliphatic rings. The molecule has 0 radical (unpaired) electrons. The van der Waals surface area contributed by atoms with E-state index in [9.17, 15) is 0 Å². The fourth-order valence-corrected chi connectivity index (χ4v) is 4.56. The van der Waals surface area contributed by atoms with Crippen molar-refractivity contribution in [2.75, 3.05) is 0 Å². The van der Waals surface area contributed by atoms with E-state index in [2.05, 4.69) is 97.1 Å². The van der Waals surface area contributed by atoms with Gasteiger partial charge in [-0.25, -0.2) is 0 Å². The van der Waals surface area contributed by atoms with E-state index in [1.165, 1.54) is 49.4 Å². The highest BCUT2D eigenvalue weighted by molar-refractivity contribution is 6.04. The molecule has 6 rings (SSSR count). The predicted octanol–water partition coefficient (Wildman–Crippen LogP) is 7.14. The molecule has 0 aliphatic carbocycles. The van der Waals surface area contributed by atoms with E-state index in [1.54, 1.807) is 0 Å². The third-order valence-corrected chi connectivity index (χ3v) is 5.98. The summed E-state index contributed by atoms with van der Waals surface area (Å²) in [7, 11) is 0. The lowest BCUT2D eigenvalue weighted by molar-refractivity contribution is 0.304. The normalized spacial score (nSPS) is 12.4. The zero-order chi connectivity index (χ0) is 19.2. The molecular formula is C28H20O. The van der Waals surface area contributed by atoms with Gasteiger partial charge in [0.2, 0.25) is 0 Å². The van der Waals surface area contributed by atoms with Gasteiger partial charge in [0.1, 0.15) is 12.4 Å². The van der Waals surface area contributed by atoms with Crippen LogP contribution in [-0.4, -0.2) is 0 Å². The average molecular weight is 372 g/mol. The highest BCUT2D eigenvalue weighted by Gasteiger charge is 2.21. The molecule has 0 saturated heterocycles. The molecule has 0 atom stereocenters. The van der Waals surface area contributed by atoms with Crippen LogP contribution in [0.2, 0.25) is 0 Å². The smallest absolute Gasteiger partial charge is 0.128 e. The van der Waals surface area contributed by atoms with Crippen LogP contribution in [0.5, 0.6) is 5.75 Å². The molecule has 0 fully saturated rings. The van der Waals surface area contributed by atoms with Crippen molar-refractivity contribution in [1.29, 1.82) is 0 Å². The molecule has 5 aromatic rings. The quantitative estimate of drug-likeness (QED) is 0.320. The Bertz CT molecular complexity index is 1370. The molecule has 29 heavy (non-hydrogen) atoms. The number of hydrogen-bond donors (Lipinski definition) is 0. The second-order valence-corrected chi connectivity index (χ2v) is 7.76. The van der Waals surface area contributed by atoms with Crippen molar-refractivity contribution in [3.05, 3.63) is 114 Å². The van der Waals surface area contributed by atoms with E-state index in [-0.39, 0.29) is 0 Å². The Morgan fingerprint density at radius 3 is 2.31 bits per heavy atom. The van der Waals surface area contributed by atoms with Gasteiger partial charge in [-0.3, -0.25) is 0 Å². The Kier molecular flexibility index (Phi) is 3.67. The maximum atomic E-state index is 6.22. The van der Waals surface area contributed by atoms with Crippen molar-refractivity contribution in [1.82, 2.24) is 0 Å². The minimum atomic E-state index is 0.618. The van der Waals surface area contributed by atoms with Crippen LogP contribution in [0.4, 0.5) is 0 Å². The van der Waals surface area contributed by atoms with Gasteiger partial charge in [-0.2, -0.15) is 0 Å². The molecule has 0 aromatic heterocycles. The summed E-state index contributed by atoms with van der Waals surface area (Å²) in [6, 6.07) is 34.8. The molecule has 0 N–H and O–H groups in total. The predicted molar refractivity (Wildman–Crippen MR) is 120 cm³/mol. The Labute approximate surface area is 170 Å².